The average molecular weight is 222 g/mol. The van der Waals surface area contributed by atoms with Crippen LogP contribution in [0, 0.1) is 0 Å². The Balaban J connectivity index is 2.76. The van der Waals surface area contributed by atoms with E-state index in [1.54, 1.807) is 6.92 Å². The Morgan fingerprint density at radius 3 is 2.46 bits per heavy atom. The van der Waals surface area contributed by atoms with Crippen LogP contribution in [0.5, 0.6) is 0 Å². The fourth-order valence-corrected chi connectivity index (χ4v) is 1.15. The zero-order valence-electron chi connectivity index (χ0n) is 7.02. The molecular formula is C7H10O4S2. The fraction of sp³-hybridized carbons (Fsp3) is 0.714. The van der Waals surface area contributed by atoms with Crippen LogP contribution in [0.1, 0.15) is 19.8 Å². The summed E-state index contributed by atoms with van der Waals surface area (Å²) in [6, 6.07) is 0. The third-order valence-electron chi connectivity index (χ3n) is 1.64. The first-order chi connectivity index (χ1) is 5.92. The lowest BCUT2D eigenvalue weighted by molar-refractivity contribution is -0.169. The third kappa shape index (κ3) is 2.80. The molecule has 1 atom stereocenters. The lowest BCUT2D eigenvalue weighted by atomic mass is 10.3. The minimum absolute atomic E-state index is 0.00836. The van der Waals surface area contributed by atoms with Crippen LogP contribution in [0.2, 0.25) is 0 Å². The molecule has 1 unspecified atom stereocenters. The molecule has 1 saturated heterocycles. The van der Waals surface area contributed by atoms with Gasteiger partial charge in [0.05, 0.1) is 12.8 Å². The van der Waals surface area contributed by atoms with Crippen LogP contribution in [0.15, 0.2) is 0 Å². The molecule has 0 saturated carbocycles. The van der Waals surface area contributed by atoms with Crippen molar-refractivity contribution in [3.05, 3.63) is 0 Å². The molecule has 1 rings (SSSR count). The summed E-state index contributed by atoms with van der Waals surface area (Å²) in [7, 11) is 0. The Labute approximate surface area is 86.8 Å². The van der Waals surface area contributed by atoms with Gasteiger partial charge in [-0.05, 0) is 6.92 Å². The Morgan fingerprint density at radius 1 is 1.31 bits per heavy atom. The summed E-state index contributed by atoms with van der Waals surface area (Å²) in [4.78, 5) is 22.0. The van der Waals surface area contributed by atoms with Gasteiger partial charge in [-0.15, -0.1) is 25.3 Å². The van der Waals surface area contributed by atoms with E-state index in [4.69, 9.17) is 9.47 Å². The van der Waals surface area contributed by atoms with Crippen molar-refractivity contribution in [2.75, 3.05) is 0 Å². The second-order valence-corrected chi connectivity index (χ2v) is 4.45. The molecule has 6 heteroatoms. The molecule has 0 aromatic carbocycles. The molecule has 13 heavy (non-hydrogen) atoms. The zero-order valence-corrected chi connectivity index (χ0v) is 8.81. The van der Waals surface area contributed by atoms with E-state index in [9.17, 15) is 9.59 Å². The summed E-state index contributed by atoms with van der Waals surface area (Å²) in [5.41, 5.74) is 0. The van der Waals surface area contributed by atoms with Gasteiger partial charge in [0.2, 0.25) is 4.27 Å². The van der Waals surface area contributed by atoms with Gasteiger partial charge in [0, 0.05) is 0 Å². The Bertz CT molecular complexity index is 239. The van der Waals surface area contributed by atoms with Gasteiger partial charge in [0.1, 0.15) is 0 Å². The number of esters is 2. The molecule has 74 valence electrons. The van der Waals surface area contributed by atoms with Crippen LogP contribution in [0.3, 0.4) is 0 Å². The minimum atomic E-state index is -1.34. The van der Waals surface area contributed by atoms with E-state index in [1.807, 2.05) is 0 Å². The van der Waals surface area contributed by atoms with Gasteiger partial charge >= 0.3 is 11.9 Å². The van der Waals surface area contributed by atoms with Gasteiger partial charge < -0.3 is 9.47 Å². The SMILES string of the molecule is CC1OC(=O)CCC(=O)OC1(S)S. The van der Waals surface area contributed by atoms with E-state index >= 15 is 0 Å². The largest absolute Gasteiger partial charge is 0.456 e. The number of carbonyl (C=O) groups excluding carboxylic acids is 2. The Hall–Kier alpha value is -0.360. The highest BCUT2D eigenvalue weighted by Gasteiger charge is 2.37. The Kier molecular flexibility index (Phi) is 3.13. The van der Waals surface area contributed by atoms with Gasteiger partial charge in [0.15, 0.2) is 6.10 Å². The number of cyclic esters (lactones) is 2. The number of carbonyl (C=O) groups is 2. The van der Waals surface area contributed by atoms with Crippen molar-refractivity contribution in [2.45, 2.75) is 30.1 Å². The molecule has 1 heterocycles. The Morgan fingerprint density at radius 2 is 1.85 bits per heavy atom. The minimum Gasteiger partial charge on any atom is -0.456 e. The molecule has 0 amide bonds. The van der Waals surface area contributed by atoms with Crippen LogP contribution < -0.4 is 0 Å². The van der Waals surface area contributed by atoms with Gasteiger partial charge in [-0.2, -0.15) is 0 Å². The molecular weight excluding hydrogens is 212 g/mol. The molecule has 0 spiro atoms. The smallest absolute Gasteiger partial charge is 0.308 e. The van der Waals surface area contributed by atoms with E-state index in [2.05, 4.69) is 25.3 Å². The topological polar surface area (TPSA) is 52.6 Å². The van der Waals surface area contributed by atoms with Crippen molar-refractivity contribution in [3.63, 3.8) is 0 Å². The molecule has 0 N–H and O–H groups in total. The van der Waals surface area contributed by atoms with Gasteiger partial charge in [-0.25, -0.2) is 0 Å². The summed E-state index contributed by atoms with van der Waals surface area (Å²) in [5.74, 6) is -0.926. The predicted octanol–water partition coefficient (Wildman–Crippen LogP) is 0.768. The molecule has 0 radical (unpaired) electrons. The first kappa shape index (κ1) is 10.7. The van der Waals surface area contributed by atoms with Gasteiger partial charge in [-0.3, -0.25) is 9.59 Å². The van der Waals surface area contributed by atoms with Gasteiger partial charge in [0.25, 0.3) is 0 Å². The number of hydrogen-bond donors (Lipinski definition) is 2. The highest BCUT2D eigenvalue weighted by Crippen LogP contribution is 2.30. The summed E-state index contributed by atoms with van der Waals surface area (Å²) in [6.45, 7) is 1.57. The highest BCUT2D eigenvalue weighted by atomic mass is 32.2. The molecule has 4 nitrogen and oxygen atoms in total. The number of ether oxygens (including phenoxy) is 2. The van der Waals surface area contributed by atoms with Crippen LogP contribution in [0.25, 0.3) is 0 Å². The third-order valence-corrected chi connectivity index (χ3v) is 2.54. The molecule has 0 aromatic heterocycles. The van der Waals surface area contributed by atoms with Crippen molar-refractivity contribution >= 4 is 37.2 Å². The van der Waals surface area contributed by atoms with E-state index in [-0.39, 0.29) is 12.8 Å². The average Bonchev–Trinajstić information content (AvgIpc) is 1.98. The highest BCUT2D eigenvalue weighted by molar-refractivity contribution is 8.00. The summed E-state index contributed by atoms with van der Waals surface area (Å²) in [5, 5.41) is 0. The van der Waals surface area contributed by atoms with Gasteiger partial charge in [-0.1, -0.05) is 0 Å². The second-order valence-electron chi connectivity index (χ2n) is 2.76. The van der Waals surface area contributed by atoms with E-state index in [0.29, 0.717) is 0 Å². The molecule has 1 fully saturated rings. The summed E-state index contributed by atoms with van der Waals surface area (Å²) >= 11 is 7.95. The summed E-state index contributed by atoms with van der Waals surface area (Å²) in [6.07, 6.45) is -0.620. The monoisotopic (exact) mass is 222 g/mol. The molecule has 1 aliphatic rings. The number of rotatable bonds is 0. The molecule has 0 aliphatic carbocycles. The normalized spacial score (nSPS) is 28.4. The maximum absolute atomic E-state index is 11.0. The number of thiol groups is 2. The van der Waals surface area contributed by atoms with Crippen molar-refractivity contribution in [3.8, 4) is 0 Å². The summed E-state index contributed by atoms with van der Waals surface area (Å²) < 4.78 is 8.40. The maximum atomic E-state index is 11.0. The van der Waals surface area contributed by atoms with Crippen molar-refractivity contribution < 1.29 is 19.1 Å². The van der Waals surface area contributed by atoms with Crippen molar-refractivity contribution in [2.24, 2.45) is 0 Å². The van der Waals surface area contributed by atoms with Crippen LogP contribution in [-0.4, -0.2) is 22.3 Å². The van der Waals surface area contributed by atoms with Crippen molar-refractivity contribution in [1.82, 2.24) is 0 Å². The quantitative estimate of drug-likeness (QED) is 0.361. The van der Waals surface area contributed by atoms with Crippen LogP contribution in [-0.2, 0) is 19.1 Å². The fourth-order valence-electron chi connectivity index (χ4n) is 0.839. The molecule has 0 bridgehead atoms. The van der Waals surface area contributed by atoms with E-state index < -0.39 is 22.3 Å². The lowest BCUT2D eigenvalue weighted by Gasteiger charge is -2.30. The lowest BCUT2D eigenvalue weighted by Crippen LogP contribution is -2.39. The van der Waals surface area contributed by atoms with E-state index in [1.165, 1.54) is 0 Å². The predicted molar refractivity (Wildman–Crippen MR) is 51.6 cm³/mol. The van der Waals surface area contributed by atoms with E-state index in [0.717, 1.165) is 0 Å². The first-order valence-electron chi connectivity index (χ1n) is 3.78. The second kappa shape index (κ2) is 3.79. The first-order valence-corrected chi connectivity index (χ1v) is 4.67. The molecule has 0 aromatic rings. The van der Waals surface area contributed by atoms with Crippen molar-refractivity contribution in [1.29, 1.82) is 0 Å². The zero-order chi connectivity index (χ0) is 10.1. The van der Waals surface area contributed by atoms with Crippen LogP contribution in [0.4, 0.5) is 0 Å². The maximum Gasteiger partial charge on any atom is 0.308 e. The molecule has 1 aliphatic heterocycles. The van der Waals surface area contributed by atoms with Crippen LogP contribution >= 0.6 is 25.3 Å². The standard InChI is InChI=1S/C7H10O4S2/c1-4-7(12,13)11-6(9)3-2-5(8)10-4/h4,12-13H,2-3H2,1H3. The number of hydrogen-bond acceptors (Lipinski definition) is 6.